The van der Waals surface area contributed by atoms with E-state index in [-0.39, 0.29) is 74.4 Å². The number of carbonyl (C=O) groups is 2. The van der Waals surface area contributed by atoms with Crippen LogP contribution in [0.1, 0.15) is 88.4 Å². The Hall–Kier alpha value is -3.71. The minimum absolute atomic E-state index is 0.0340. The van der Waals surface area contributed by atoms with Crippen molar-refractivity contribution in [3.8, 4) is 0 Å². The molecule has 23 heteroatoms. The van der Waals surface area contributed by atoms with Crippen molar-refractivity contribution >= 4 is 81.1 Å². The minimum atomic E-state index is -3.74. The molecule has 0 bridgehead atoms. The molecule has 16 nitrogen and oxygen atoms in total. The van der Waals surface area contributed by atoms with Crippen molar-refractivity contribution < 1.29 is 35.2 Å². The largest absolute Gasteiger partial charge is 0.368 e. The van der Waals surface area contributed by atoms with Crippen molar-refractivity contribution in [1.82, 2.24) is 30.0 Å². The lowest BCUT2D eigenvalue weighted by atomic mass is 9.85. The van der Waals surface area contributed by atoms with Gasteiger partial charge in [0.05, 0.1) is 21.0 Å². The van der Waals surface area contributed by atoms with E-state index in [1.165, 1.54) is 48.8 Å². The fourth-order valence-corrected chi connectivity index (χ4v) is 11.1. The zero-order valence-corrected chi connectivity index (χ0v) is 42.7. The Labute approximate surface area is 413 Å². The third-order valence-corrected chi connectivity index (χ3v) is 15.8. The summed E-state index contributed by atoms with van der Waals surface area (Å²) in [5, 5.41) is 9.13. The van der Waals surface area contributed by atoms with Gasteiger partial charge < -0.3 is 33.2 Å². The first-order chi connectivity index (χ1) is 31.8. The van der Waals surface area contributed by atoms with Crippen molar-refractivity contribution in [3.05, 3.63) is 110 Å². The lowest BCUT2D eigenvalue weighted by Crippen LogP contribution is -2.41. The maximum Gasteiger partial charge on any atom is 0.242 e. The van der Waals surface area contributed by atoms with E-state index in [0.717, 1.165) is 11.1 Å². The average molecular weight is 1120 g/mol. The van der Waals surface area contributed by atoms with Crippen LogP contribution in [0.3, 0.4) is 0 Å². The molecular weight excluding hydrogens is 1060 g/mol. The summed E-state index contributed by atoms with van der Waals surface area (Å²) in [6.45, 7) is 5.86. The molecule has 368 valence electrons. The van der Waals surface area contributed by atoms with Gasteiger partial charge in [0.25, 0.3) is 0 Å². The fraction of sp³-hybridized carbons (Fsp3) is 0.455. The molecule has 2 amide bonds. The first-order valence-electron chi connectivity index (χ1n) is 21.7. The highest BCUT2D eigenvalue weighted by atomic mass is 79.9. The van der Waals surface area contributed by atoms with Crippen molar-refractivity contribution in [2.45, 2.75) is 99.2 Å². The van der Waals surface area contributed by atoms with Crippen LogP contribution in [-0.2, 0) is 29.6 Å². The molecule has 0 spiro atoms. The Balaban J connectivity index is 0.000000272. The number of benzene rings is 2. The summed E-state index contributed by atoms with van der Waals surface area (Å²) in [6.07, 6.45) is 7.09. The van der Waals surface area contributed by atoms with Gasteiger partial charge in [-0.15, -0.1) is 0 Å². The first-order valence-corrected chi connectivity index (χ1v) is 26.7. The molecule has 2 aliphatic carbocycles. The van der Waals surface area contributed by atoms with Crippen molar-refractivity contribution in [1.29, 1.82) is 0 Å². The second kappa shape index (κ2) is 26.9. The molecule has 11 N–H and O–H groups in total. The molecule has 2 atom stereocenters. The Morgan fingerprint density at radius 2 is 1.04 bits per heavy atom. The number of nitrogens with zero attached hydrogens (tertiary/aromatic N) is 2. The Morgan fingerprint density at radius 3 is 1.40 bits per heavy atom. The van der Waals surface area contributed by atoms with E-state index in [1.54, 1.807) is 24.3 Å². The van der Waals surface area contributed by atoms with Crippen molar-refractivity contribution in [2.75, 3.05) is 31.5 Å². The van der Waals surface area contributed by atoms with Gasteiger partial charge in [-0.25, -0.2) is 45.0 Å². The summed E-state index contributed by atoms with van der Waals surface area (Å²) in [6, 6.07) is 14.0. The number of hydrogen-bond donors (Lipinski definition) is 8. The molecule has 0 aliphatic heterocycles. The SMILES string of the molecule is C[C@@H](NC(=O)C1CCC(NS(=O)(=O)c2cnc(Cl)c(Br)c2)CC1)c1ccc(F)cc1.C[C@@H](NC(=O)C1CCC(NS(=O)(=O)c2cnc(NCCN)c(Br)c2)CC1)c1ccc(F)cc1.NCCN. The highest BCUT2D eigenvalue weighted by Crippen LogP contribution is 2.30. The number of rotatable bonds is 16. The topological polar surface area (TPSA) is 266 Å². The lowest BCUT2D eigenvalue weighted by Gasteiger charge is -2.29. The van der Waals surface area contributed by atoms with E-state index < -0.39 is 20.0 Å². The van der Waals surface area contributed by atoms with Gasteiger partial charge in [0, 0.05) is 62.5 Å². The first kappa shape index (κ1) is 55.9. The number of nitrogens with two attached hydrogens (primary N) is 3. The third kappa shape index (κ3) is 17.6. The maximum absolute atomic E-state index is 13.1. The number of pyridine rings is 2. The third-order valence-electron chi connectivity index (χ3n) is 11.1. The summed E-state index contributed by atoms with van der Waals surface area (Å²) in [4.78, 5) is 33.4. The molecule has 2 aliphatic rings. The zero-order valence-electron chi connectivity index (χ0n) is 37.2. The Bertz CT molecular complexity index is 2450. The van der Waals surface area contributed by atoms with Crippen LogP contribution in [-0.4, -0.2) is 76.9 Å². The average Bonchev–Trinajstić information content (AvgIpc) is 3.30. The number of nitrogens with one attached hydrogen (secondary N) is 5. The van der Waals surface area contributed by atoms with Crippen LogP contribution in [0.2, 0.25) is 5.15 Å². The molecule has 2 aromatic carbocycles. The van der Waals surface area contributed by atoms with Crippen LogP contribution in [0, 0.1) is 23.5 Å². The van der Waals surface area contributed by atoms with Crippen LogP contribution < -0.4 is 42.6 Å². The summed E-state index contributed by atoms with van der Waals surface area (Å²) in [7, 11) is -7.47. The molecule has 0 unspecified atom stereocenters. The van der Waals surface area contributed by atoms with Gasteiger partial charge in [-0.2, -0.15) is 0 Å². The molecule has 2 aromatic heterocycles. The number of sulfonamides is 2. The summed E-state index contributed by atoms with van der Waals surface area (Å²) < 4.78 is 83.3. The zero-order chi connectivity index (χ0) is 49.3. The predicted octanol–water partition coefficient (Wildman–Crippen LogP) is 6.32. The Morgan fingerprint density at radius 1 is 0.657 bits per heavy atom. The number of anilines is 1. The van der Waals surface area contributed by atoms with Crippen molar-refractivity contribution in [3.63, 3.8) is 0 Å². The lowest BCUT2D eigenvalue weighted by molar-refractivity contribution is -0.127. The fourth-order valence-electron chi connectivity index (χ4n) is 7.29. The van der Waals surface area contributed by atoms with E-state index in [9.17, 15) is 35.2 Å². The molecule has 67 heavy (non-hydrogen) atoms. The normalized spacial score (nSPS) is 19.3. The van der Waals surface area contributed by atoms with E-state index >= 15 is 0 Å². The Kier molecular flexibility index (Phi) is 22.4. The van der Waals surface area contributed by atoms with Gasteiger partial charge >= 0.3 is 0 Å². The maximum atomic E-state index is 13.1. The monoisotopic (exact) mass is 1120 g/mol. The predicted molar refractivity (Wildman–Crippen MR) is 263 cm³/mol. The number of hydrogen-bond acceptors (Lipinski definition) is 12. The van der Waals surface area contributed by atoms with E-state index in [1.807, 2.05) is 13.8 Å². The minimum Gasteiger partial charge on any atom is -0.368 e. The van der Waals surface area contributed by atoms with Gasteiger partial charge in [0.15, 0.2) is 0 Å². The second-order valence-corrected chi connectivity index (χ2v) is 21.6. The van der Waals surface area contributed by atoms with Gasteiger partial charge in [0.1, 0.15) is 32.4 Å². The van der Waals surface area contributed by atoms with Crippen LogP contribution >= 0.6 is 43.5 Å². The number of carbonyl (C=O) groups excluding carboxylic acids is 2. The van der Waals surface area contributed by atoms with E-state index in [4.69, 9.17) is 28.8 Å². The van der Waals surface area contributed by atoms with Crippen LogP contribution in [0.5, 0.6) is 0 Å². The van der Waals surface area contributed by atoms with Gasteiger partial charge in [-0.05, 0) is 145 Å². The van der Waals surface area contributed by atoms with Gasteiger partial charge in [0.2, 0.25) is 31.9 Å². The van der Waals surface area contributed by atoms with Gasteiger partial charge in [-0.1, -0.05) is 35.9 Å². The molecule has 0 saturated heterocycles. The summed E-state index contributed by atoms with van der Waals surface area (Å²) >= 11 is 12.3. The smallest absolute Gasteiger partial charge is 0.242 e. The van der Waals surface area contributed by atoms with Crippen LogP contribution in [0.25, 0.3) is 0 Å². The number of aromatic nitrogens is 2. The van der Waals surface area contributed by atoms with Crippen LogP contribution in [0.15, 0.2) is 91.8 Å². The second-order valence-electron chi connectivity index (χ2n) is 16.1. The van der Waals surface area contributed by atoms with E-state index in [0.29, 0.717) is 92.3 Å². The molecular formula is C44H59Br2ClF2N10O6S2. The molecule has 0 radical (unpaired) electrons. The van der Waals surface area contributed by atoms with Crippen LogP contribution in [0.4, 0.5) is 14.6 Å². The molecule has 2 fully saturated rings. The molecule has 2 heterocycles. The number of amides is 2. The summed E-state index contributed by atoms with van der Waals surface area (Å²) in [5.74, 6) is -0.612. The van der Waals surface area contributed by atoms with E-state index in [2.05, 4.69) is 67.2 Å². The standard InChI is InChI=1S/C22H29BrFN5O3S.C20H22BrClFN3O3S.C2H8N2/c1-14(15-2-6-17(24)7-3-15)28-22(30)16-4-8-18(9-5-16)29-33(31,32)19-12-20(23)21(27-13-19)26-11-10-25;1-12(13-2-6-15(23)7-3-13)25-20(27)14-4-8-16(9-5-14)26-30(28,29)17-10-18(21)19(22)24-11-17;3-1-2-4/h2-3,6-7,12-14,16,18,29H,4-5,8-11,25H2,1H3,(H,26,27)(H,28,30);2-3,6-7,10-12,14,16,26H,4-5,8-9H2,1H3,(H,25,27);1-4H2/t14-,16?,18?;12-,14?,16?;/m11./s1. The quantitative estimate of drug-likeness (QED) is 0.0573. The van der Waals surface area contributed by atoms with Gasteiger partial charge in [-0.3, -0.25) is 9.59 Å². The molecule has 4 aromatic rings. The highest BCUT2D eigenvalue weighted by Gasteiger charge is 2.32. The highest BCUT2D eigenvalue weighted by molar-refractivity contribution is 9.11. The molecule has 2 saturated carbocycles. The van der Waals surface area contributed by atoms with Crippen molar-refractivity contribution in [2.24, 2.45) is 29.0 Å². The molecule has 6 rings (SSSR count). The number of halogens is 5. The summed E-state index contributed by atoms with van der Waals surface area (Å²) in [5.41, 5.74) is 16.9.